The minimum Gasteiger partial charge on any atom is -0.496 e. The zero-order chi connectivity index (χ0) is 18.2. The summed E-state index contributed by atoms with van der Waals surface area (Å²) in [7, 11) is 1.65. The van der Waals surface area contributed by atoms with Crippen molar-refractivity contribution in [3.63, 3.8) is 0 Å². The lowest BCUT2D eigenvalue weighted by atomic mass is 9.95. The van der Waals surface area contributed by atoms with E-state index in [1.165, 1.54) is 0 Å². The lowest BCUT2D eigenvalue weighted by Crippen LogP contribution is -2.42. The average molecular weight is 344 g/mol. The molecule has 0 aromatic heterocycles. The summed E-state index contributed by atoms with van der Waals surface area (Å²) in [5.74, 6) is 1.01. The van der Waals surface area contributed by atoms with Crippen LogP contribution < -0.4 is 10.1 Å². The number of benzene rings is 1. The minimum absolute atomic E-state index is 0.0294. The third kappa shape index (κ3) is 5.34. The van der Waals surface area contributed by atoms with E-state index in [1.54, 1.807) is 13.2 Å². The molecule has 5 heteroatoms. The van der Waals surface area contributed by atoms with Crippen molar-refractivity contribution in [1.29, 1.82) is 0 Å². The molecule has 1 heterocycles. The van der Waals surface area contributed by atoms with Crippen LogP contribution in [0.4, 0.5) is 0 Å². The van der Waals surface area contributed by atoms with Gasteiger partial charge in [-0.1, -0.05) is 23.8 Å². The molecule has 0 radical (unpaired) electrons. The topological polar surface area (TPSA) is 58.6 Å². The van der Waals surface area contributed by atoms with Crippen molar-refractivity contribution in [2.45, 2.75) is 33.1 Å². The Labute approximate surface area is 150 Å². The Bertz CT molecular complexity index is 632. The highest BCUT2D eigenvalue weighted by atomic mass is 16.5. The minimum atomic E-state index is 0.0294. The first-order valence-electron chi connectivity index (χ1n) is 8.90. The van der Waals surface area contributed by atoms with Crippen LogP contribution in [0, 0.1) is 5.92 Å². The molecule has 2 rings (SSSR count). The molecular weight excluding hydrogens is 316 g/mol. The Kier molecular flexibility index (Phi) is 7.04. The lowest BCUT2D eigenvalue weighted by Gasteiger charge is -2.30. The van der Waals surface area contributed by atoms with Gasteiger partial charge in [0.15, 0.2) is 0 Å². The summed E-state index contributed by atoms with van der Waals surface area (Å²) in [5, 5.41) is 2.86. The monoisotopic (exact) mass is 344 g/mol. The van der Waals surface area contributed by atoms with Gasteiger partial charge >= 0.3 is 0 Å². The number of nitrogens with zero attached hydrogens (tertiary/aromatic N) is 1. The fourth-order valence-electron chi connectivity index (χ4n) is 3.18. The fraction of sp³-hybridized carbons (Fsp3) is 0.500. The molecule has 0 spiro atoms. The quantitative estimate of drug-likeness (QED) is 0.807. The predicted molar refractivity (Wildman–Crippen MR) is 98.4 cm³/mol. The lowest BCUT2D eigenvalue weighted by molar-refractivity contribution is -0.132. The summed E-state index contributed by atoms with van der Waals surface area (Å²) >= 11 is 0. The maximum atomic E-state index is 12.5. The standard InChI is InChI=1S/C20H28N2O3/c1-4-21-20(24)16-9-11-22(12-10-16)19(23)14-15(2)13-17-7-5-6-8-18(17)25-3/h5-8,14,16H,4,9-13H2,1-3H3,(H,21,24)/b15-14-. The van der Waals surface area contributed by atoms with Crippen LogP contribution in [0.2, 0.25) is 0 Å². The first kappa shape index (κ1) is 19.0. The molecule has 0 bridgehead atoms. The van der Waals surface area contributed by atoms with E-state index in [0.29, 0.717) is 26.1 Å². The smallest absolute Gasteiger partial charge is 0.246 e. The molecule has 1 saturated heterocycles. The van der Waals surface area contributed by atoms with Gasteiger partial charge < -0.3 is 15.0 Å². The first-order chi connectivity index (χ1) is 12.0. The van der Waals surface area contributed by atoms with Crippen LogP contribution in [0.5, 0.6) is 5.75 Å². The van der Waals surface area contributed by atoms with Crippen molar-refractivity contribution in [1.82, 2.24) is 10.2 Å². The maximum Gasteiger partial charge on any atom is 0.246 e. The number of carbonyl (C=O) groups excluding carboxylic acids is 2. The number of piperidine rings is 1. The molecule has 5 nitrogen and oxygen atoms in total. The molecule has 0 aliphatic carbocycles. The Morgan fingerprint density at radius 1 is 1.28 bits per heavy atom. The van der Waals surface area contributed by atoms with E-state index in [2.05, 4.69) is 5.32 Å². The number of likely N-dealkylation sites (tertiary alicyclic amines) is 1. The summed E-state index contributed by atoms with van der Waals surface area (Å²) in [6.07, 6.45) is 3.86. The molecule has 1 aromatic carbocycles. The molecule has 1 aliphatic heterocycles. The van der Waals surface area contributed by atoms with Crippen LogP contribution in [0.15, 0.2) is 35.9 Å². The normalized spacial score (nSPS) is 15.8. The molecule has 0 unspecified atom stereocenters. The van der Waals surface area contributed by atoms with Gasteiger partial charge in [-0.3, -0.25) is 9.59 Å². The van der Waals surface area contributed by atoms with E-state index >= 15 is 0 Å². The van der Waals surface area contributed by atoms with E-state index in [-0.39, 0.29) is 17.7 Å². The summed E-state index contributed by atoms with van der Waals surface area (Å²) in [6, 6.07) is 7.85. The molecule has 1 aromatic rings. The zero-order valence-corrected chi connectivity index (χ0v) is 15.4. The number of nitrogens with one attached hydrogen (secondary N) is 1. The SMILES string of the molecule is CCNC(=O)C1CCN(C(=O)/C=C(/C)Cc2ccccc2OC)CC1. The van der Waals surface area contributed by atoms with Crippen LogP contribution in [0.25, 0.3) is 0 Å². The number of rotatable bonds is 6. The number of methoxy groups -OCH3 is 1. The highest BCUT2D eigenvalue weighted by Gasteiger charge is 2.26. The number of ether oxygens (including phenoxy) is 1. The molecule has 136 valence electrons. The van der Waals surface area contributed by atoms with Crippen LogP contribution >= 0.6 is 0 Å². The van der Waals surface area contributed by atoms with Crippen LogP contribution in [0.3, 0.4) is 0 Å². The fourth-order valence-corrected chi connectivity index (χ4v) is 3.18. The Balaban J connectivity index is 1.91. The van der Waals surface area contributed by atoms with Crippen molar-refractivity contribution in [3.05, 3.63) is 41.5 Å². The number of para-hydroxylation sites is 1. The molecule has 1 fully saturated rings. The van der Waals surface area contributed by atoms with E-state index in [9.17, 15) is 9.59 Å². The second-order valence-electron chi connectivity index (χ2n) is 6.47. The third-order valence-electron chi connectivity index (χ3n) is 4.56. The third-order valence-corrected chi connectivity index (χ3v) is 4.56. The van der Waals surface area contributed by atoms with Gasteiger partial charge in [0.05, 0.1) is 7.11 Å². The maximum absolute atomic E-state index is 12.5. The van der Waals surface area contributed by atoms with Crippen molar-refractivity contribution >= 4 is 11.8 Å². The summed E-state index contributed by atoms with van der Waals surface area (Å²) in [4.78, 5) is 26.2. The van der Waals surface area contributed by atoms with Crippen LogP contribution in [-0.2, 0) is 16.0 Å². The molecule has 2 amide bonds. The second-order valence-corrected chi connectivity index (χ2v) is 6.47. The van der Waals surface area contributed by atoms with Gasteiger partial charge in [0.2, 0.25) is 11.8 Å². The number of carbonyl (C=O) groups is 2. The van der Waals surface area contributed by atoms with Crippen molar-refractivity contribution in [3.8, 4) is 5.75 Å². The summed E-state index contributed by atoms with van der Waals surface area (Å²) < 4.78 is 5.36. The van der Waals surface area contributed by atoms with Gasteiger partial charge in [0, 0.05) is 31.6 Å². The Morgan fingerprint density at radius 3 is 2.60 bits per heavy atom. The van der Waals surface area contributed by atoms with Crippen molar-refractivity contribution in [2.75, 3.05) is 26.7 Å². The molecule has 0 atom stereocenters. The van der Waals surface area contributed by atoms with Crippen molar-refractivity contribution in [2.24, 2.45) is 5.92 Å². The van der Waals surface area contributed by atoms with Crippen LogP contribution in [-0.4, -0.2) is 43.5 Å². The first-order valence-corrected chi connectivity index (χ1v) is 8.90. The summed E-state index contributed by atoms with van der Waals surface area (Å²) in [6.45, 7) is 5.82. The number of hydrogen-bond acceptors (Lipinski definition) is 3. The van der Waals surface area contributed by atoms with E-state index in [1.807, 2.05) is 43.0 Å². The summed E-state index contributed by atoms with van der Waals surface area (Å²) in [5.41, 5.74) is 2.07. The van der Waals surface area contributed by atoms with E-state index in [4.69, 9.17) is 4.74 Å². The van der Waals surface area contributed by atoms with Gasteiger partial charge in [0.25, 0.3) is 0 Å². The Hall–Kier alpha value is -2.30. The second kappa shape index (κ2) is 9.25. The zero-order valence-electron chi connectivity index (χ0n) is 15.4. The highest BCUT2D eigenvalue weighted by Crippen LogP contribution is 2.21. The highest BCUT2D eigenvalue weighted by molar-refractivity contribution is 5.88. The number of allylic oxidation sites excluding steroid dienone is 1. The molecule has 1 aliphatic rings. The Morgan fingerprint density at radius 2 is 1.96 bits per heavy atom. The molecular formula is C20H28N2O3. The van der Waals surface area contributed by atoms with Gasteiger partial charge in [-0.2, -0.15) is 0 Å². The molecule has 25 heavy (non-hydrogen) atoms. The van der Waals surface area contributed by atoms with Gasteiger partial charge in [-0.15, -0.1) is 0 Å². The largest absolute Gasteiger partial charge is 0.496 e. The van der Waals surface area contributed by atoms with Gasteiger partial charge in [-0.25, -0.2) is 0 Å². The number of amides is 2. The van der Waals surface area contributed by atoms with Gasteiger partial charge in [-0.05, 0) is 44.7 Å². The predicted octanol–water partition coefficient (Wildman–Crippen LogP) is 2.56. The van der Waals surface area contributed by atoms with E-state index in [0.717, 1.165) is 29.7 Å². The number of hydrogen-bond donors (Lipinski definition) is 1. The molecule has 0 saturated carbocycles. The van der Waals surface area contributed by atoms with Crippen LogP contribution in [0.1, 0.15) is 32.3 Å². The molecule has 1 N–H and O–H groups in total. The van der Waals surface area contributed by atoms with E-state index < -0.39 is 0 Å². The van der Waals surface area contributed by atoms with Crippen molar-refractivity contribution < 1.29 is 14.3 Å². The average Bonchev–Trinajstić information content (AvgIpc) is 2.62. The van der Waals surface area contributed by atoms with Gasteiger partial charge in [0.1, 0.15) is 5.75 Å².